The Labute approximate surface area is 98.4 Å². The Kier molecular flexibility index (Phi) is 2.36. The average molecular weight is 270 g/mol. The zero-order valence-corrected chi connectivity index (χ0v) is 10.5. The molecule has 82 valence electrons. The summed E-state index contributed by atoms with van der Waals surface area (Å²) in [5, 5.41) is 8.28. The van der Waals surface area contributed by atoms with E-state index in [1.807, 2.05) is 11.7 Å². The number of nitrogens with one attached hydrogen (secondary N) is 1. The largest absolute Gasteiger partial charge is 0.307 e. The molecule has 1 aromatic rings. The van der Waals surface area contributed by atoms with E-state index in [-0.39, 0.29) is 0 Å². The van der Waals surface area contributed by atoms with Gasteiger partial charge in [-0.05, 0) is 48.0 Å². The molecule has 2 aliphatic carbocycles. The summed E-state index contributed by atoms with van der Waals surface area (Å²) >= 11 is 3.65. The summed E-state index contributed by atoms with van der Waals surface area (Å²) in [6, 6.07) is 1.30. The summed E-state index contributed by atoms with van der Waals surface area (Å²) in [7, 11) is 2.01. The molecule has 1 atom stereocenters. The Morgan fingerprint density at radius 2 is 2.20 bits per heavy atom. The highest BCUT2D eigenvalue weighted by Crippen LogP contribution is 2.36. The van der Waals surface area contributed by atoms with Gasteiger partial charge in [-0.2, -0.15) is 5.10 Å². The first-order valence-corrected chi connectivity index (χ1v) is 6.52. The van der Waals surface area contributed by atoms with Crippen LogP contribution in [0, 0.1) is 0 Å². The van der Waals surface area contributed by atoms with Gasteiger partial charge in [0.05, 0.1) is 5.69 Å². The fourth-order valence-electron chi connectivity index (χ4n) is 2.42. The van der Waals surface area contributed by atoms with Crippen molar-refractivity contribution >= 4 is 15.9 Å². The number of nitrogens with zero attached hydrogens (tertiary/aromatic N) is 2. The highest BCUT2D eigenvalue weighted by atomic mass is 79.9. The first-order chi connectivity index (χ1) is 7.25. The Balaban J connectivity index is 1.92. The van der Waals surface area contributed by atoms with Crippen LogP contribution in [0.4, 0.5) is 0 Å². The van der Waals surface area contributed by atoms with Crippen LogP contribution in [0.25, 0.3) is 0 Å². The third-order valence-electron chi connectivity index (χ3n) is 3.36. The first-order valence-electron chi connectivity index (χ1n) is 5.73. The standard InChI is InChI=1S/C11H16BrN3/c1-15-11(12)10-8(13-7-5-6-7)3-2-4-9(10)14-15/h7-8,13H,2-6H2,1H3. The van der Waals surface area contributed by atoms with Gasteiger partial charge in [-0.1, -0.05) is 0 Å². The van der Waals surface area contributed by atoms with Gasteiger partial charge >= 0.3 is 0 Å². The highest BCUT2D eigenvalue weighted by molar-refractivity contribution is 9.10. The van der Waals surface area contributed by atoms with E-state index >= 15 is 0 Å². The Morgan fingerprint density at radius 1 is 1.40 bits per heavy atom. The summed E-state index contributed by atoms with van der Waals surface area (Å²) in [5.74, 6) is 0. The van der Waals surface area contributed by atoms with Crippen LogP contribution < -0.4 is 5.32 Å². The topological polar surface area (TPSA) is 29.9 Å². The number of fused-ring (bicyclic) bond motifs is 1. The van der Waals surface area contributed by atoms with Crippen molar-refractivity contribution in [3.63, 3.8) is 0 Å². The SMILES string of the molecule is Cn1nc2c(c1Br)C(NC1CC1)CCC2. The molecular formula is C11H16BrN3. The van der Waals surface area contributed by atoms with Crippen molar-refractivity contribution in [1.29, 1.82) is 0 Å². The van der Waals surface area contributed by atoms with E-state index in [0.29, 0.717) is 6.04 Å². The molecule has 1 saturated carbocycles. The van der Waals surface area contributed by atoms with Crippen LogP contribution in [-0.2, 0) is 13.5 Å². The van der Waals surface area contributed by atoms with Gasteiger partial charge in [0, 0.05) is 24.7 Å². The molecule has 3 nitrogen and oxygen atoms in total. The van der Waals surface area contributed by atoms with E-state index < -0.39 is 0 Å². The molecule has 0 aliphatic heterocycles. The predicted molar refractivity (Wildman–Crippen MR) is 62.7 cm³/mol. The average Bonchev–Trinajstić information content (AvgIpc) is 2.96. The summed E-state index contributed by atoms with van der Waals surface area (Å²) in [6.45, 7) is 0. The maximum Gasteiger partial charge on any atom is 0.108 e. The van der Waals surface area contributed by atoms with E-state index in [2.05, 4.69) is 26.3 Å². The van der Waals surface area contributed by atoms with Gasteiger partial charge in [0.25, 0.3) is 0 Å². The second-order valence-corrected chi connectivity index (χ2v) is 5.41. The van der Waals surface area contributed by atoms with E-state index in [1.165, 1.54) is 36.9 Å². The van der Waals surface area contributed by atoms with Crippen LogP contribution in [0.5, 0.6) is 0 Å². The fraction of sp³-hybridized carbons (Fsp3) is 0.727. The van der Waals surface area contributed by atoms with E-state index in [1.54, 1.807) is 0 Å². The maximum atomic E-state index is 4.56. The molecule has 1 heterocycles. The zero-order chi connectivity index (χ0) is 10.4. The maximum absolute atomic E-state index is 4.56. The third kappa shape index (κ3) is 1.74. The van der Waals surface area contributed by atoms with Crippen LogP contribution in [0.2, 0.25) is 0 Å². The smallest absolute Gasteiger partial charge is 0.108 e. The Hall–Kier alpha value is -0.350. The lowest BCUT2D eigenvalue weighted by atomic mass is 9.93. The number of aromatic nitrogens is 2. The van der Waals surface area contributed by atoms with Crippen molar-refractivity contribution in [3.05, 3.63) is 15.9 Å². The lowest BCUT2D eigenvalue weighted by molar-refractivity contribution is 0.455. The minimum atomic E-state index is 0.532. The molecule has 3 rings (SSSR count). The molecule has 0 bridgehead atoms. The second-order valence-electron chi connectivity index (χ2n) is 4.66. The molecule has 1 fully saturated rings. The minimum absolute atomic E-state index is 0.532. The number of halogens is 1. The van der Waals surface area contributed by atoms with Crippen molar-refractivity contribution in [1.82, 2.24) is 15.1 Å². The Bertz CT molecular complexity index is 381. The van der Waals surface area contributed by atoms with Crippen molar-refractivity contribution in [2.45, 2.75) is 44.2 Å². The van der Waals surface area contributed by atoms with Gasteiger partial charge in [-0.3, -0.25) is 4.68 Å². The molecule has 2 aliphatic rings. The molecule has 0 aromatic carbocycles. The molecular weight excluding hydrogens is 254 g/mol. The molecule has 4 heteroatoms. The monoisotopic (exact) mass is 269 g/mol. The van der Waals surface area contributed by atoms with Gasteiger partial charge in [0.2, 0.25) is 0 Å². The van der Waals surface area contributed by atoms with Crippen molar-refractivity contribution in [3.8, 4) is 0 Å². The zero-order valence-electron chi connectivity index (χ0n) is 8.96. The molecule has 15 heavy (non-hydrogen) atoms. The van der Waals surface area contributed by atoms with Crippen molar-refractivity contribution in [2.75, 3.05) is 0 Å². The molecule has 1 N–H and O–H groups in total. The molecule has 1 aromatic heterocycles. The third-order valence-corrected chi connectivity index (χ3v) is 4.30. The normalized spacial score (nSPS) is 25.3. The van der Waals surface area contributed by atoms with Gasteiger partial charge in [0.1, 0.15) is 4.60 Å². The number of rotatable bonds is 2. The van der Waals surface area contributed by atoms with Crippen molar-refractivity contribution in [2.24, 2.45) is 7.05 Å². The predicted octanol–water partition coefficient (Wildman–Crippen LogP) is 2.31. The van der Waals surface area contributed by atoms with Gasteiger partial charge in [-0.15, -0.1) is 0 Å². The van der Waals surface area contributed by atoms with E-state index in [4.69, 9.17) is 0 Å². The quantitative estimate of drug-likeness (QED) is 0.893. The second kappa shape index (κ2) is 3.59. The van der Waals surface area contributed by atoms with Crippen LogP contribution in [0.15, 0.2) is 4.60 Å². The molecule has 1 unspecified atom stereocenters. The number of hydrogen-bond acceptors (Lipinski definition) is 2. The summed E-state index contributed by atoms with van der Waals surface area (Å²) in [5.41, 5.74) is 2.70. The summed E-state index contributed by atoms with van der Waals surface area (Å²) in [4.78, 5) is 0. The van der Waals surface area contributed by atoms with Gasteiger partial charge in [0.15, 0.2) is 0 Å². The summed E-state index contributed by atoms with van der Waals surface area (Å²) in [6.07, 6.45) is 6.36. The van der Waals surface area contributed by atoms with Gasteiger partial charge in [-0.25, -0.2) is 0 Å². The molecule has 0 radical (unpaired) electrons. The molecule has 0 amide bonds. The van der Waals surface area contributed by atoms with Crippen molar-refractivity contribution < 1.29 is 0 Å². The lowest BCUT2D eigenvalue weighted by Gasteiger charge is -2.23. The van der Waals surface area contributed by atoms with Crippen LogP contribution >= 0.6 is 15.9 Å². The minimum Gasteiger partial charge on any atom is -0.307 e. The molecule has 0 spiro atoms. The van der Waals surface area contributed by atoms with Crippen LogP contribution in [0.1, 0.15) is 43.0 Å². The van der Waals surface area contributed by atoms with Crippen LogP contribution in [-0.4, -0.2) is 15.8 Å². The van der Waals surface area contributed by atoms with E-state index in [9.17, 15) is 0 Å². The summed E-state index contributed by atoms with van der Waals surface area (Å²) < 4.78 is 3.12. The Morgan fingerprint density at radius 3 is 2.93 bits per heavy atom. The fourth-order valence-corrected chi connectivity index (χ4v) is 3.01. The highest BCUT2D eigenvalue weighted by Gasteiger charge is 2.31. The van der Waals surface area contributed by atoms with Crippen LogP contribution in [0.3, 0.4) is 0 Å². The lowest BCUT2D eigenvalue weighted by Crippen LogP contribution is -2.26. The van der Waals surface area contributed by atoms with E-state index in [0.717, 1.165) is 17.1 Å². The first kappa shape index (κ1) is 9.85. The molecule has 0 saturated heterocycles. The van der Waals surface area contributed by atoms with Gasteiger partial charge < -0.3 is 5.32 Å². The number of hydrogen-bond donors (Lipinski definition) is 1. The number of aryl methyl sites for hydroxylation is 2.